The number of carboxylic acids is 1. The molecule has 0 unspecified atom stereocenters. The fourth-order valence-electron chi connectivity index (χ4n) is 1.76. The molecule has 1 aromatic carbocycles. The van der Waals surface area contributed by atoms with Crippen LogP contribution >= 0.6 is 0 Å². The molecule has 0 aliphatic heterocycles. The van der Waals surface area contributed by atoms with Gasteiger partial charge in [-0.05, 0) is 12.1 Å². The number of halogens is 1. The summed E-state index contributed by atoms with van der Waals surface area (Å²) in [4.78, 5) is 20.8. The third kappa shape index (κ3) is 3.14. The van der Waals surface area contributed by atoms with Gasteiger partial charge in [0.25, 0.3) is 5.69 Å². The van der Waals surface area contributed by atoms with Crippen LogP contribution in [0.5, 0.6) is 0 Å². The highest BCUT2D eigenvalue weighted by Crippen LogP contribution is 2.26. The van der Waals surface area contributed by atoms with Gasteiger partial charge >= 0.3 is 5.97 Å². The number of aromatic nitrogens is 2. The summed E-state index contributed by atoms with van der Waals surface area (Å²) >= 11 is 0. The molecule has 0 aliphatic carbocycles. The van der Waals surface area contributed by atoms with Crippen LogP contribution in [-0.4, -0.2) is 25.8 Å². The molecule has 0 spiro atoms. The maximum Gasteiger partial charge on any atom is 0.342 e. The number of aryl methyl sites for hydroxylation is 1. The van der Waals surface area contributed by atoms with Gasteiger partial charge < -0.3 is 10.4 Å². The summed E-state index contributed by atoms with van der Waals surface area (Å²) in [7, 11) is 1.72. The summed E-state index contributed by atoms with van der Waals surface area (Å²) in [5.41, 5.74) is -0.885. The van der Waals surface area contributed by atoms with E-state index in [9.17, 15) is 19.3 Å². The van der Waals surface area contributed by atoms with E-state index in [-0.39, 0.29) is 12.2 Å². The minimum Gasteiger partial charge on any atom is -0.477 e. The third-order valence-electron chi connectivity index (χ3n) is 2.74. The molecule has 0 amide bonds. The van der Waals surface area contributed by atoms with Crippen molar-refractivity contribution in [2.75, 3.05) is 5.32 Å². The number of rotatable bonds is 5. The zero-order chi connectivity index (χ0) is 15.6. The normalized spacial score (nSPS) is 10.4. The van der Waals surface area contributed by atoms with Crippen LogP contribution in [-0.2, 0) is 13.6 Å². The Bertz CT molecular complexity index is 713. The number of benzene rings is 1. The highest BCUT2D eigenvalue weighted by atomic mass is 19.1. The molecule has 2 aromatic rings. The van der Waals surface area contributed by atoms with Crippen LogP contribution in [0.4, 0.5) is 15.8 Å². The van der Waals surface area contributed by atoms with Crippen LogP contribution < -0.4 is 5.32 Å². The van der Waals surface area contributed by atoms with Crippen molar-refractivity contribution in [1.29, 1.82) is 0 Å². The number of anilines is 1. The number of hydrogen-bond acceptors (Lipinski definition) is 5. The molecule has 110 valence electrons. The zero-order valence-electron chi connectivity index (χ0n) is 10.9. The first kappa shape index (κ1) is 14.4. The number of carbonyl (C=O) groups is 1. The number of nitrogens with one attached hydrogen (secondary N) is 1. The predicted octanol–water partition coefficient (Wildman–Crippen LogP) is 1.78. The Morgan fingerprint density at radius 1 is 1.57 bits per heavy atom. The first-order valence-electron chi connectivity index (χ1n) is 5.82. The van der Waals surface area contributed by atoms with E-state index in [1.54, 1.807) is 24.0 Å². The molecule has 2 rings (SSSR count). The minimum absolute atomic E-state index is 0.136. The summed E-state index contributed by atoms with van der Waals surface area (Å²) in [5, 5.41) is 26.4. The van der Waals surface area contributed by atoms with Crippen LogP contribution in [0.25, 0.3) is 0 Å². The van der Waals surface area contributed by atoms with Crippen molar-refractivity contribution in [2.45, 2.75) is 6.54 Å². The van der Waals surface area contributed by atoms with Crippen LogP contribution in [0.1, 0.15) is 16.1 Å². The maximum absolute atomic E-state index is 13.8. The van der Waals surface area contributed by atoms with E-state index < -0.39 is 28.0 Å². The fraction of sp³-hybridized carbons (Fsp3) is 0.167. The van der Waals surface area contributed by atoms with Crippen molar-refractivity contribution >= 4 is 17.3 Å². The molecule has 1 heterocycles. The summed E-state index contributed by atoms with van der Waals surface area (Å²) in [6.45, 7) is 0.161. The van der Waals surface area contributed by atoms with Gasteiger partial charge in [-0.1, -0.05) is 0 Å². The van der Waals surface area contributed by atoms with Gasteiger partial charge in [0.2, 0.25) is 0 Å². The number of aromatic carboxylic acids is 1. The maximum atomic E-state index is 13.8. The Morgan fingerprint density at radius 3 is 2.81 bits per heavy atom. The van der Waals surface area contributed by atoms with Crippen molar-refractivity contribution in [3.05, 3.63) is 51.6 Å². The SMILES string of the molecule is Cn1ccc(CNc2cc(C(=O)O)c([N+](=O)[O-])cc2F)n1. The molecule has 0 saturated heterocycles. The lowest BCUT2D eigenvalue weighted by molar-refractivity contribution is -0.385. The monoisotopic (exact) mass is 294 g/mol. The molecule has 21 heavy (non-hydrogen) atoms. The molecular formula is C12H11FN4O4. The first-order valence-corrected chi connectivity index (χ1v) is 5.82. The van der Waals surface area contributed by atoms with Crippen LogP contribution in [0.15, 0.2) is 24.4 Å². The van der Waals surface area contributed by atoms with Crippen LogP contribution in [0, 0.1) is 15.9 Å². The van der Waals surface area contributed by atoms with E-state index in [2.05, 4.69) is 10.4 Å². The summed E-state index contributed by atoms with van der Waals surface area (Å²) in [5.74, 6) is -2.40. The number of nitrogens with zero attached hydrogens (tertiary/aromatic N) is 3. The smallest absolute Gasteiger partial charge is 0.342 e. The summed E-state index contributed by atoms with van der Waals surface area (Å²) < 4.78 is 15.3. The number of nitro groups is 1. The lowest BCUT2D eigenvalue weighted by Gasteiger charge is -2.07. The molecule has 0 atom stereocenters. The van der Waals surface area contributed by atoms with Crippen molar-refractivity contribution < 1.29 is 19.2 Å². The Morgan fingerprint density at radius 2 is 2.29 bits per heavy atom. The largest absolute Gasteiger partial charge is 0.477 e. The van der Waals surface area contributed by atoms with Gasteiger partial charge in [0.1, 0.15) is 5.56 Å². The molecule has 1 aromatic heterocycles. The van der Waals surface area contributed by atoms with Gasteiger partial charge in [-0.25, -0.2) is 9.18 Å². The summed E-state index contributed by atoms with van der Waals surface area (Å²) in [6.07, 6.45) is 1.70. The summed E-state index contributed by atoms with van der Waals surface area (Å²) in [6, 6.07) is 3.19. The van der Waals surface area contributed by atoms with Gasteiger partial charge in [-0.3, -0.25) is 14.8 Å². The topological polar surface area (TPSA) is 110 Å². The van der Waals surface area contributed by atoms with Gasteiger partial charge in [-0.2, -0.15) is 5.10 Å². The lowest BCUT2D eigenvalue weighted by atomic mass is 10.1. The highest BCUT2D eigenvalue weighted by Gasteiger charge is 2.23. The molecule has 9 heteroatoms. The minimum atomic E-state index is -1.50. The van der Waals surface area contributed by atoms with Crippen molar-refractivity contribution in [1.82, 2.24) is 9.78 Å². The Labute approximate surface area is 118 Å². The molecule has 8 nitrogen and oxygen atoms in total. The second-order valence-corrected chi connectivity index (χ2v) is 4.25. The molecule has 0 aliphatic rings. The van der Waals surface area contributed by atoms with E-state index in [1.165, 1.54) is 0 Å². The average Bonchev–Trinajstić information content (AvgIpc) is 2.82. The van der Waals surface area contributed by atoms with E-state index in [1.807, 2.05) is 0 Å². The van der Waals surface area contributed by atoms with Gasteiger partial charge in [0.15, 0.2) is 5.82 Å². The van der Waals surface area contributed by atoms with Gasteiger partial charge in [0, 0.05) is 13.2 Å². The second-order valence-electron chi connectivity index (χ2n) is 4.25. The zero-order valence-corrected chi connectivity index (χ0v) is 10.9. The van der Waals surface area contributed by atoms with Crippen LogP contribution in [0.3, 0.4) is 0 Å². The predicted molar refractivity (Wildman–Crippen MR) is 70.5 cm³/mol. The Kier molecular flexibility index (Phi) is 3.83. The number of nitro benzene ring substituents is 1. The Balaban J connectivity index is 2.29. The van der Waals surface area contributed by atoms with E-state index in [4.69, 9.17) is 5.11 Å². The molecule has 0 radical (unpaired) electrons. The quantitative estimate of drug-likeness (QED) is 0.642. The second kappa shape index (κ2) is 5.57. The molecule has 0 bridgehead atoms. The molecular weight excluding hydrogens is 283 g/mol. The van der Waals surface area contributed by atoms with E-state index >= 15 is 0 Å². The van der Waals surface area contributed by atoms with Crippen molar-refractivity contribution in [3.63, 3.8) is 0 Å². The van der Waals surface area contributed by atoms with Crippen molar-refractivity contribution in [2.24, 2.45) is 7.05 Å². The third-order valence-corrected chi connectivity index (χ3v) is 2.74. The first-order chi connectivity index (χ1) is 9.88. The molecule has 0 saturated carbocycles. The fourth-order valence-corrected chi connectivity index (χ4v) is 1.76. The van der Waals surface area contributed by atoms with Gasteiger partial charge in [-0.15, -0.1) is 0 Å². The average molecular weight is 294 g/mol. The highest BCUT2D eigenvalue weighted by molar-refractivity contribution is 5.93. The molecule has 0 fully saturated rings. The molecule has 2 N–H and O–H groups in total. The lowest BCUT2D eigenvalue weighted by Crippen LogP contribution is -2.08. The van der Waals surface area contributed by atoms with E-state index in [0.29, 0.717) is 11.8 Å². The number of carboxylic acid groups (broad SMARTS) is 1. The number of hydrogen-bond donors (Lipinski definition) is 2. The van der Waals surface area contributed by atoms with Gasteiger partial charge in [0.05, 0.1) is 28.9 Å². The van der Waals surface area contributed by atoms with E-state index in [0.717, 1.165) is 6.07 Å². The van der Waals surface area contributed by atoms with Crippen LogP contribution in [0.2, 0.25) is 0 Å². The Hall–Kier alpha value is -2.97. The standard InChI is InChI=1S/C12H11FN4O4/c1-16-3-2-7(15-16)6-14-10-4-8(12(18)19)11(17(20)21)5-9(10)13/h2-5,14H,6H2,1H3,(H,18,19). The van der Waals surface area contributed by atoms with Crippen molar-refractivity contribution in [3.8, 4) is 0 Å².